The normalized spacial score (nSPS) is 10.0. The highest BCUT2D eigenvalue weighted by Gasteiger charge is 2.16. The van der Waals surface area contributed by atoms with E-state index in [0.717, 1.165) is 0 Å². The standard InChI is InChI=1S/C17H12N6O3/c1-26-17(25)12-3-2-7-19-15(12)20-16(24)13-4-5-14(22-21-13)23-8-6-11(9-18)10-23/h2-8,10H,1H3,(H,19,20,24). The summed E-state index contributed by atoms with van der Waals surface area (Å²) >= 11 is 0. The van der Waals surface area contributed by atoms with Gasteiger partial charge in [-0.2, -0.15) is 5.26 Å². The van der Waals surface area contributed by atoms with E-state index in [1.165, 1.54) is 25.4 Å². The van der Waals surface area contributed by atoms with Gasteiger partial charge in [-0.3, -0.25) is 4.79 Å². The van der Waals surface area contributed by atoms with E-state index in [2.05, 4.69) is 25.2 Å². The molecular formula is C17H12N6O3. The lowest BCUT2D eigenvalue weighted by atomic mass is 10.2. The molecule has 3 heterocycles. The molecule has 0 bridgehead atoms. The first-order valence-electron chi connectivity index (χ1n) is 7.39. The van der Waals surface area contributed by atoms with Gasteiger partial charge < -0.3 is 14.6 Å². The minimum absolute atomic E-state index is 0.0443. The Morgan fingerprint density at radius 2 is 2.08 bits per heavy atom. The summed E-state index contributed by atoms with van der Waals surface area (Å²) in [4.78, 5) is 28.0. The number of carbonyl (C=O) groups excluding carboxylic acids is 2. The zero-order valence-corrected chi connectivity index (χ0v) is 13.6. The third-order valence-corrected chi connectivity index (χ3v) is 3.41. The number of amides is 1. The van der Waals surface area contributed by atoms with Gasteiger partial charge in [-0.15, -0.1) is 10.2 Å². The highest BCUT2D eigenvalue weighted by Crippen LogP contribution is 2.14. The third-order valence-electron chi connectivity index (χ3n) is 3.41. The number of methoxy groups -OCH3 is 1. The molecule has 0 saturated carbocycles. The van der Waals surface area contributed by atoms with Crippen LogP contribution in [-0.2, 0) is 4.74 Å². The molecule has 0 atom stereocenters. The van der Waals surface area contributed by atoms with Gasteiger partial charge in [0.05, 0.1) is 12.7 Å². The van der Waals surface area contributed by atoms with E-state index >= 15 is 0 Å². The van der Waals surface area contributed by atoms with Crippen molar-refractivity contribution in [3.05, 3.63) is 65.7 Å². The third kappa shape index (κ3) is 3.39. The molecular weight excluding hydrogens is 336 g/mol. The zero-order valence-electron chi connectivity index (χ0n) is 13.6. The first-order chi connectivity index (χ1) is 12.6. The summed E-state index contributed by atoms with van der Waals surface area (Å²) in [6.45, 7) is 0. The maximum absolute atomic E-state index is 12.3. The van der Waals surface area contributed by atoms with Crippen LogP contribution in [0.4, 0.5) is 5.82 Å². The molecule has 26 heavy (non-hydrogen) atoms. The van der Waals surface area contributed by atoms with Crippen molar-refractivity contribution in [2.24, 2.45) is 0 Å². The van der Waals surface area contributed by atoms with Crippen molar-refractivity contribution in [1.29, 1.82) is 5.26 Å². The smallest absolute Gasteiger partial charge is 0.341 e. The molecule has 0 spiro atoms. The van der Waals surface area contributed by atoms with Gasteiger partial charge in [-0.25, -0.2) is 9.78 Å². The molecule has 0 aliphatic rings. The van der Waals surface area contributed by atoms with Crippen LogP contribution in [0.2, 0.25) is 0 Å². The number of nitrogens with zero attached hydrogens (tertiary/aromatic N) is 5. The maximum atomic E-state index is 12.3. The second-order valence-electron chi connectivity index (χ2n) is 5.04. The molecule has 0 radical (unpaired) electrons. The molecule has 9 heteroatoms. The Hall–Kier alpha value is -4.06. The molecule has 3 aromatic heterocycles. The number of hydrogen-bond donors (Lipinski definition) is 1. The lowest BCUT2D eigenvalue weighted by Crippen LogP contribution is -2.18. The summed E-state index contributed by atoms with van der Waals surface area (Å²) < 4.78 is 6.27. The van der Waals surface area contributed by atoms with E-state index in [4.69, 9.17) is 5.26 Å². The van der Waals surface area contributed by atoms with Gasteiger partial charge in [0.1, 0.15) is 17.5 Å². The number of nitrogens with one attached hydrogen (secondary N) is 1. The van der Waals surface area contributed by atoms with Gasteiger partial charge in [0.25, 0.3) is 5.91 Å². The molecule has 3 aromatic rings. The van der Waals surface area contributed by atoms with Gasteiger partial charge in [0, 0.05) is 18.6 Å². The van der Waals surface area contributed by atoms with Crippen LogP contribution in [0.15, 0.2) is 48.9 Å². The second-order valence-corrected chi connectivity index (χ2v) is 5.04. The predicted molar refractivity (Wildman–Crippen MR) is 89.6 cm³/mol. The van der Waals surface area contributed by atoms with Crippen molar-refractivity contribution >= 4 is 17.7 Å². The number of carbonyl (C=O) groups is 2. The first-order valence-corrected chi connectivity index (χ1v) is 7.39. The molecule has 9 nitrogen and oxygen atoms in total. The molecule has 0 aliphatic heterocycles. The van der Waals surface area contributed by atoms with E-state index in [1.807, 2.05) is 6.07 Å². The van der Waals surface area contributed by atoms with Crippen molar-refractivity contribution in [2.45, 2.75) is 0 Å². The lowest BCUT2D eigenvalue weighted by Gasteiger charge is -2.08. The van der Waals surface area contributed by atoms with Crippen LogP contribution in [0.25, 0.3) is 5.82 Å². The molecule has 0 unspecified atom stereocenters. The Morgan fingerprint density at radius 3 is 2.73 bits per heavy atom. The topological polar surface area (TPSA) is 123 Å². The van der Waals surface area contributed by atoms with Crippen molar-refractivity contribution < 1.29 is 14.3 Å². The van der Waals surface area contributed by atoms with Crippen LogP contribution in [0.3, 0.4) is 0 Å². The molecule has 0 aliphatic carbocycles. The minimum Gasteiger partial charge on any atom is -0.465 e. The van der Waals surface area contributed by atoms with E-state index in [-0.39, 0.29) is 17.1 Å². The summed E-state index contributed by atoms with van der Waals surface area (Å²) in [5.41, 5.74) is 0.659. The molecule has 0 fully saturated rings. The summed E-state index contributed by atoms with van der Waals surface area (Å²) in [7, 11) is 1.24. The van der Waals surface area contributed by atoms with Gasteiger partial charge in [0.15, 0.2) is 11.5 Å². The zero-order chi connectivity index (χ0) is 18.5. The van der Waals surface area contributed by atoms with Crippen molar-refractivity contribution in [3.8, 4) is 11.9 Å². The fraction of sp³-hybridized carbons (Fsp3) is 0.0588. The molecule has 1 N–H and O–H groups in total. The molecule has 3 rings (SSSR count). The summed E-state index contributed by atoms with van der Waals surface area (Å²) in [6, 6.07) is 9.76. The fourth-order valence-electron chi connectivity index (χ4n) is 2.14. The first kappa shape index (κ1) is 16.8. The highest BCUT2D eigenvalue weighted by molar-refractivity contribution is 6.06. The Morgan fingerprint density at radius 1 is 1.23 bits per heavy atom. The van der Waals surface area contributed by atoms with Crippen LogP contribution in [0.5, 0.6) is 0 Å². The quantitative estimate of drug-likeness (QED) is 0.710. The van der Waals surface area contributed by atoms with Crippen LogP contribution < -0.4 is 5.32 Å². The molecule has 1 amide bonds. The molecule has 0 saturated heterocycles. The van der Waals surface area contributed by atoms with Crippen molar-refractivity contribution in [1.82, 2.24) is 19.7 Å². The lowest BCUT2D eigenvalue weighted by molar-refractivity contribution is 0.0601. The van der Waals surface area contributed by atoms with Gasteiger partial charge in [-0.05, 0) is 30.3 Å². The fourth-order valence-corrected chi connectivity index (χ4v) is 2.14. The highest BCUT2D eigenvalue weighted by atomic mass is 16.5. The monoisotopic (exact) mass is 348 g/mol. The van der Waals surface area contributed by atoms with Gasteiger partial charge in [-0.1, -0.05) is 0 Å². The SMILES string of the molecule is COC(=O)c1cccnc1NC(=O)c1ccc(-n2ccc(C#N)c2)nn1. The summed E-state index contributed by atoms with van der Waals surface area (Å²) in [6.07, 6.45) is 4.70. The van der Waals surface area contributed by atoms with Crippen molar-refractivity contribution in [2.75, 3.05) is 12.4 Å². The van der Waals surface area contributed by atoms with E-state index in [0.29, 0.717) is 11.4 Å². The average molecular weight is 348 g/mol. The largest absolute Gasteiger partial charge is 0.465 e. The number of aromatic nitrogens is 4. The predicted octanol–water partition coefficient (Wildman–Crippen LogP) is 1.57. The Labute approximate surface area is 147 Å². The number of esters is 1. The number of pyridine rings is 1. The Bertz CT molecular complexity index is 1000. The number of hydrogen-bond acceptors (Lipinski definition) is 7. The maximum Gasteiger partial charge on any atom is 0.341 e. The summed E-state index contributed by atoms with van der Waals surface area (Å²) in [5, 5.41) is 19.2. The van der Waals surface area contributed by atoms with E-state index in [1.54, 1.807) is 35.2 Å². The number of rotatable bonds is 4. The van der Waals surface area contributed by atoms with E-state index in [9.17, 15) is 9.59 Å². The Kier molecular flexibility index (Phi) is 4.67. The van der Waals surface area contributed by atoms with Gasteiger partial charge in [0.2, 0.25) is 0 Å². The summed E-state index contributed by atoms with van der Waals surface area (Å²) in [5.74, 6) is -0.663. The minimum atomic E-state index is -0.615. The average Bonchev–Trinajstić information content (AvgIpc) is 3.17. The Balaban J connectivity index is 1.79. The second kappa shape index (κ2) is 7.23. The van der Waals surface area contributed by atoms with Crippen molar-refractivity contribution in [3.63, 3.8) is 0 Å². The molecule has 0 aromatic carbocycles. The number of nitriles is 1. The van der Waals surface area contributed by atoms with Crippen LogP contribution in [-0.4, -0.2) is 38.7 Å². The van der Waals surface area contributed by atoms with Crippen LogP contribution in [0, 0.1) is 11.3 Å². The van der Waals surface area contributed by atoms with Crippen LogP contribution >= 0.6 is 0 Å². The van der Waals surface area contributed by atoms with E-state index < -0.39 is 11.9 Å². The number of anilines is 1. The van der Waals surface area contributed by atoms with Gasteiger partial charge >= 0.3 is 5.97 Å². The van der Waals surface area contributed by atoms with Crippen LogP contribution in [0.1, 0.15) is 26.4 Å². The molecule has 128 valence electrons. The number of ether oxygens (including phenoxy) is 1.